The topological polar surface area (TPSA) is 19.4 Å². The van der Waals surface area contributed by atoms with Gasteiger partial charge in [-0.3, -0.25) is 9.88 Å². The molecule has 3 fully saturated rings. The van der Waals surface area contributed by atoms with Crippen molar-refractivity contribution in [2.45, 2.75) is 25.4 Å². The molecule has 21 heavy (non-hydrogen) atoms. The van der Waals surface area contributed by atoms with Crippen LogP contribution in [0.4, 0.5) is 0 Å². The normalized spacial score (nSPS) is 27.1. The minimum atomic E-state index is 0.723. The highest BCUT2D eigenvalue weighted by Gasteiger charge is 2.33. The summed E-state index contributed by atoms with van der Waals surface area (Å²) in [6.07, 6.45) is 4.72. The fourth-order valence-corrected chi connectivity index (χ4v) is 4.12. The van der Waals surface area contributed by atoms with E-state index < -0.39 is 0 Å². The Bertz CT molecular complexity index is 634. The SMILES string of the molecule is CN1C[C@@H]2CC[C@H](C1)N(Cc1ccnc3ccccc13)C2. The molecule has 3 aliphatic rings. The van der Waals surface area contributed by atoms with Gasteiger partial charge in [0.05, 0.1) is 5.52 Å². The van der Waals surface area contributed by atoms with Gasteiger partial charge in [-0.15, -0.1) is 0 Å². The molecule has 0 saturated carbocycles. The third kappa shape index (κ3) is 2.56. The van der Waals surface area contributed by atoms with E-state index in [4.69, 9.17) is 0 Å². The van der Waals surface area contributed by atoms with Gasteiger partial charge in [-0.2, -0.15) is 0 Å². The average Bonchev–Trinajstić information content (AvgIpc) is 2.76. The van der Waals surface area contributed by atoms with Crippen molar-refractivity contribution in [1.82, 2.24) is 14.8 Å². The smallest absolute Gasteiger partial charge is 0.0705 e. The maximum Gasteiger partial charge on any atom is 0.0705 e. The van der Waals surface area contributed by atoms with Gasteiger partial charge in [0.15, 0.2) is 0 Å². The van der Waals surface area contributed by atoms with Crippen LogP contribution >= 0.6 is 0 Å². The molecule has 1 aromatic carbocycles. The number of para-hydroxylation sites is 1. The van der Waals surface area contributed by atoms with Gasteiger partial charge >= 0.3 is 0 Å². The molecule has 5 rings (SSSR count). The molecule has 0 N–H and O–H groups in total. The molecule has 2 aromatic rings. The van der Waals surface area contributed by atoms with Crippen molar-refractivity contribution in [2.24, 2.45) is 5.92 Å². The summed E-state index contributed by atoms with van der Waals surface area (Å²) < 4.78 is 0. The summed E-state index contributed by atoms with van der Waals surface area (Å²) in [5.74, 6) is 0.849. The monoisotopic (exact) mass is 281 g/mol. The summed E-state index contributed by atoms with van der Waals surface area (Å²) in [5.41, 5.74) is 2.54. The number of likely N-dealkylation sites (N-methyl/N-ethyl adjacent to an activating group) is 1. The van der Waals surface area contributed by atoms with Crippen LogP contribution in [0.1, 0.15) is 18.4 Å². The van der Waals surface area contributed by atoms with Crippen molar-refractivity contribution in [3.63, 3.8) is 0 Å². The van der Waals surface area contributed by atoms with Crippen LogP contribution in [0.2, 0.25) is 0 Å². The van der Waals surface area contributed by atoms with Gasteiger partial charge in [-0.05, 0) is 43.5 Å². The van der Waals surface area contributed by atoms with Gasteiger partial charge in [-0.25, -0.2) is 0 Å². The Morgan fingerprint density at radius 1 is 1.10 bits per heavy atom. The van der Waals surface area contributed by atoms with E-state index in [9.17, 15) is 0 Å². The average molecular weight is 281 g/mol. The van der Waals surface area contributed by atoms with Crippen LogP contribution in [0.25, 0.3) is 10.9 Å². The lowest BCUT2D eigenvalue weighted by Crippen LogP contribution is -2.43. The van der Waals surface area contributed by atoms with Gasteiger partial charge in [-0.1, -0.05) is 18.2 Å². The van der Waals surface area contributed by atoms with E-state index in [0.29, 0.717) is 0 Å². The zero-order valence-electron chi connectivity index (χ0n) is 12.7. The van der Waals surface area contributed by atoms with Crippen LogP contribution in [0.3, 0.4) is 0 Å². The van der Waals surface area contributed by atoms with Gasteiger partial charge < -0.3 is 4.90 Å². The molecule has 0 unspecified atom stereocenters. The Morgan fingerprint density at radius 3 is 2.95 bits per heavy atom. The lowest BCUT2D eigenvalue weighted by atomic mass is 9.94. The Balaban J connectivity index is 1.63. The quantitative estimate of drug-likeness (QED) is 0.844. The second-order valence-electron chi connectivity index (χ2n) is 6.74. The van der Waals surface area contributed by atoms with E-state index in [1.807, 2.05) is 6.20 Å². The number of pyridine rings is 1. The van der Waals surface area contributed by atoms with E-state index in [0.717, 1.165) is 24.0 Å². The molecule has 3 nitrogen and oxygen atoms in total. The predicted molar refractivity (Wildman–Crippen MR) is 86.2 cm³/mol. The van der Waals surface area contributed by atoms with Gasteiger partial charge in [0.2, 0.25) is 0 Å². The van der Waals surface area contributed by atoms with Gasteiger partial charge in [0, 0.05) is 43.8 Å². The molecule has 3 saturated heterocycles. The lowest BCUT2D eigenvalue weighted by Gasteiger charge is -2.36. The first kappa shape index (κ1) is 13.2. The predicted octanol–water partition coefficient (Wildman–Crippen LogP) is 2.76. The molecule has 0 spiro atoms. The van der Waals surface area contributed by atoms with Crippen molar-refractivity contribution < 1.29 is 0 Å². The van der Waals surface area contributed by atoms with Gasteiger partial charge in [0.25, 0.3) is 0 Å². The van der Waals surface area contributed by atoms with Crippen LogP contribution in [0.5, 0.6) is 0 Å². The number of benzene rings is 1. The van der Waals surface area contributed by atoms with Crippen molar-refractivity contribution in [2.75, 3.05) is 26.7 Å². The largest absolute Gasteiger partial charge is 0.304 e. The fraction of sp³-hybridized carbons (Fsp3) is 0.500. The highest BCUT2D eigenvalue weighted by molar-refractivity contribution is 5.81. The van der Waals surface area contributed by atoms with Crippen LogP contribution in [-0.4, -0.2) is 47.5 Å². The number of aromatic nitrogens is 1. The number of hydrogen-bond donors (Lipinski definition) is 0. The summed E-state index contributed by atoms with van der Waals surface area (Å²) in [7, 11) is 2.27. The summed E-state index contributed by atoms with van der Waals surface area (Å²) in [5, 5.41) is 1.31. The number of hydrogen-bond acceptors (Lipinski definition) is 3. The van der Waals surface area contributed by atoms with E-state index in [2.05, 4.69) is 52.2 Å². The van der Waals surface area contributed by atoms with Gasteiger partial charge in [0.1, 0.15) is 0 Å². The fourth-order valence-electron chi connectivity index (χ4n) is 4.12. The van der Waals surface area contributed by atoms with Crippen LogP contribution < -0.4 is 0 Å². The Morgan fingerprint density at radius 2 is 2.00 bits per heavy atom. The van der Waals surface area contributed by atoms with Crippen LogP contribution in [0.15, 0.2) is 36.5 Å². The molecule has 1 aromatic heterocycles. The summed E-state index contributed by atoms with van der Waals surface area (Å²) in [6.45, 7) is 4.81. The molecule has 110 valence electrons. The summed E-state index contributed by atoms with van der Waals surface area (Å²) in [4.78, 5) is 9.72. The van der Waals surface area contributed by atoms with Crippen molar-refractivity contribution in [3.05, 3.63) is 42.1 Å². The van der Waals surface area contributed by atoms with Crippen LogP contribution in [-0.2, 0) is 6.54 Å². The molecule has 0 aliphatic carbocycles. The number of piperidine rings is 1. The molecular formula is C18H23N3. The Hall–Kier alpha value is -1.45. The molecular weight excluding hydrogens is 258 g/mol. The molecule has 0 amide bonds. The Kier molecular flexibility index (Phi) is 3.40. The summed E-state index contributed by atoms with van der Waals surface area (Å²) >= 11 is 0. The molecule has 3 heteroatoms. The third-order valence-electron chi connectivity index (χ3n) is 5.12. The number of fused-ring (bicyclic) bond motifs is 5. The molecule has 2 atom stereocenters. The van der Waals surface area contributed by atoms with Crippen molar-refractivity contribution >= 4 is 10.9 Å². The minimum absolute atomic E-state index is 0.723. The highest BCUT2D eigenvalue weighted by atomic mass is 15.2. The second kappa shape index (κ2) is 5.39. The molecule has 0 radical (unpaired) electrons. The molecule has 4 heterocycles. The molecule has 2 bridgehead atoms. The Labute approximate surface area is 126 Å². The van der Waals surface area contributed by atoms with E-state index in [1.54, 1.807) is 0 Å². The first-order chi connectivity index (χ1) is 10.3. The molecule has 3 aliphatic heterocycles. The maximum atomic E-state index is 4.49. The highest BCUT2D eigenvalue weighted by Crippen LogP contribution is 2.29. The first-order valence-electron chi connectivity index (χ1n) is 8.05. The van der Waals surface area contributed by atoms with E-state index in [1.165, 1.54) is 43.4 Å². The van der Waals surface area contributed by atoms with E-state index >= 15 is 0 Å². The first-order valence-corrected chi connectivity index (χ1v) is 8.05. The maximum absolute atomic E-state index is 4.49. The zero-order valence-corrected chi connectivity index (χ0v) is 12.7. The number of nitrogens with zero attached hydrogens (tertiary/aromatic N) is 3. The lowest BCUT2D eigenvalue weighted by molar-refractivity contribution is 0.125. The van der Waals surface area contributed by atoms with Crippen molar-refractivity contribution in [3.8, 4) is 0 Å². The van der Waals surface area contributed by atoms with Crippen LogP contribution in [0, 0.1) is 5.92 Å². The minimum Gasteiger partial charge on any atom is -0.304 e. The van der Waals surface area contributed by atoms with Crippen molar-refractivity contribution in [1.29, 1.82) is 0 Å². The third-order valence-corrected chi connectivity index (χ3v) is 5.12. The zero-order chi connectivity index (χ0) is 14.2. The van der Waals surface area contributed by atoms with E-state index in [-0.39, 0.29) is 0 Å². The standard InChI is InChI=1S/C18H23N3/c1-20-10-14-6-7-16(13-20)21(11-14)12-15-8-9-19-18-5-3-2-4-17(15)18/h2-5,8-9,14,16H,6-7,10-13H2,1H3/t14-,16+/m0/s1. The summed E-state index contributed by atoms with van der Waals surface area (Å²) in [6, 6.07) is 11.4. The second-order valence-corrected chi connectivity index (χ2v) is 6.74. The number of rotatable bonds is 2.